The molecule has 2 rings (SSSR count). The van der Waals surface area contributed by atoms with Crippen LogP contribution >= 0.6 is 0 Å². The van der Waals surface area contributed by atoms with Crippen LogP contribution in [0.25, 0.3) is 0 Å². The van der Waals surface area contributed by atoms with Gasteiger partial charge in [0.05, 0.1) is 12.1 Å². The first-order chi connectivity index (χ1) is 9.31. The van der Waals surface area contributed by atoms with Crippen LogP contribution in [0.15, 0.2) is 42.7 Å². The number of hydrogen-bond acceptors (Lipinski definition) is 3. The fourth-order valence-corrected chi connectivity index (χ4v) is 1.84. The minimum Gasteiger partial charge on any atom is -0.385 e. The zero-order chi connectivity index (χ0) is 13.5. The first kappa shape index (κ1) is 13.1. The number of nitrogens with zero attached hydrogens (tertiary/aromatic N) is 2. The van der Waals surface area contributed by atoms with Crippen LogP contribution in [0.2, 0.25) is 0 Å². The number of aromatic nitrogens is 2. The van der Waals surface area contributed by atoms with Gasteiger partial charge in [0, 0.05) is 31.2 Å². The Morgan fingerprint density at radius 3 is 2.89 bits per heavy atom. The number of rotatable bonds is 6. The van der Waals surface area contributed by atoms with Gasteiger partial charge in [-0.25, -0.2) is 0 Å². The summed E-state index contributed by atoms with van der Waals surface area (Å²) in [5.74, 6) is -0.0660. The summed E-state index contributed by atoms with van der Waals surface area (Å²) in [6.45, 7) is 4.02. The molecule has 100 valence electrons. The average Bonchev–Trinajstić information content (AvgIpc) is 2.93. The molecule has 19 heavy (non-hydrogen) atoms. The van der Waals surface area contributed by atoms with Gasteiger partial charge in [-0.05, 0) is 25.1 Å². The molecule has 5 nitrogen and oxygen atoms in total. The summed E-state index contributed by atoms with van der Waals surface area (Å²) in [7, 11) is 0. The van der Waals surface area contributed by atoms with E-state index in [1.54, 1.807) is 10.9 Å². The summed E-state index contributed by atoms with van der Waals surface area (Å²) < 4.78 is 1.79. The van der Waals surface area contributed by atoms with Crippen molar-refractivity contribution < 1.29 is 4.79 Å². The number of amides is 1. The van der Waals surface area contributed by atoms with Gasteiger partial charge in [-0.1, -0.05) is 12.1 Å². The van der Waals surface area contributed by atoms with Crippen molar-refractivity contribution in [1.82, 2.24) is 15.1 Å². The van der Waals surface area contributed by atoms with Gasteiger partial charge in [0.2, 0.25) is 0 Å². The Morgan fingerprint density at radius 2 is 2.16 bits per heavy atom. The Morgan fingerprint density at radius 1 is 1.32 bits per heavy atom. The van der Waals surface area contributed by atoms with Crippen LogP contribution in [0, 0.1) is 0 Å². The van der Waals surface area contributed by atoms with E-state index < -0.39 is 0 Å². The molecule has 2 aromatic rings. The number of hydrogen-bond donors (Lipinski definition) is 2. The van der Waals surface area contributed by atoms with E-state index in [-0.39, 0.29) is 5.91 Å². The van der Waals surface area contributed by atoms with Crippen LogP contribution in [0.1, 0.15) is 17.3 Å². The smallest absolute Gasteiger partial charge is 0.253 e. The molecule has 0 aliphatic carbocycles. The molecule has 0 aliphatic heterocycles. The predicted octanol–water partition coefficient (Wildman–Crippen LogP) is 1.74. The van der Waals surface area contributed by atoms with E-state index in [4.69, 9.17) is 0 Å². The lowest BCUT2D eigenvalue weighted by atomic mass is 10.1. The quantitative estimate of drug-likeness (QED) is 0.830. The van der Waals surface area contributed by atoms with Crippen molar-refractivity contribution in [3.63, 3.8) is 0 Å². The van der Waals surface area contributed by atoms with Crippen LogP contribution in [-0.2, 0) is 6.54 Å². The van der Waals surface area contributed by atoms with Crippen LogP contribution < -0.4 is 10.6 Å². The minimum absolute atomic E-state index is 0.0660. The van der Waals surface area contributed by atoms with Crippen LogP contribution in [0.4, 0.5) is 5.69 Å². The summed E-state index contributed by atoms with van der Waals surface area (Å²) in [6, 6.07) is 9.37. The molecule has 0 unspecified atom stereocenters. The molecule has 0 saturated heterocycles. The number of benzene rings is 1. The van der Waals surface area contributed by atoms with Crippen LogP contribution in [0.3, 0.4) is 0 Å². The normalized spacial score (nSPS) is 10.2. The maximum Gasteiger partial charge on any atom is 0.253 e. The molecule has 0 atom stereocenters. The van der Waals surface area contributed by atoms with E-state index in [1.165, 1.54) is 0 Å². The monoisotopic (exact) mass is 258 g/mol. The molecule has 0 radical (unpaired) electrons. The van der Waals surface area contributed by atoms with Gasteiger partial charge in [0.1, 0.15) is 0 Å². The maximum absolute atomic E-state index is 12.1. The zero-order valence-electron chi connectivity index (χ0n) is 11.0. The fourth-order valence-electron chi connectivity index (χ4n) is 1.84. The highest BCUT2D eigenvalue weighted by atomic mass is 16.1. The molecule has 1 amide bonds. The second-order valence-electron chi connectivity index (χ2n) is 4.10. The molecule has 0 saturated carbocycles. The predicted molar refractivity (Wildman–Crippen MR) is 75.2 cm³/mol. The Labute approximate surface area is 112 Å². The van der Waals surface area contributed by atoms with E-state index in [1.807, 2.05) is 43.5 Å². The zero-order valence-corrected chi connectivity index (χ0v) is 11.0. The van der Waals surface area contributed by atoms with Gasteiger partial charge in [-0.15, -0.1) is 0 Å². The van der Waals surface area contributed by atoms with Gasteiger partial charge in [-0.2, -0.15) is 5.10 Å². The van der Waals surface area contributed by atoms with Gasteiger partial charge in [0.15, 0.2) is 0 Å². The van der Waals surface area contributed by atoms with Gasteiger partial charge >= 0.3 is 0 Å². The largest absolute Gasteiger partial charge is 0.385 e. The van der Waals surface area contributed by atoms with Crippen molar-refractivity contribution >= 4 is 11.6 Å². The van der Waals surface area contributed by atoms with Crippen molar-refractivity contribution in [2.75, 3.05) is 18.4 Å². The number of carbonyl (C=O) groups excluding carboxylic acids is 1. The lowest BCUT2D eigenvalue weighted by Gasteiger charge is -2.10. The summed E-state index contributed by atoms with van der Waals surface area (Å²) >= 11 is 0. The van der Waals surface area contributed by atoms with Crippen molar-refractivity contribution in [2.45, 2.75) is 13.5 Å². The van der Waals surface area contributed by atoms with Crippen molar-refractivity contribution in [1.29, 1.82) is 0 Å². The molecule has 0 bridgehead atoms. The highest BCUT2D eigenvalue weighted by molar-refractivity contribution is 5.99. The first-order valence-corrected chi connectivity index (χ1v) is 6.39. The fraction of sp³-hybridized carbons (Fsp3) is 0.286. The van der Waals surface area contributed by atoms with E-state index in [0.717, 1.165) is 12.2 Å². The number of carbonyl (C=O) groups is 1. The van der Waals surface area contributed by atoms with Crippen molar-refractivity contribution in [3.8, 4) is 0 Å². The summed E-state index contributed by atoms with van der Waals surface area (Å²) in [5, 5.41) is 10.2. The molecule has 5 heteroatoms. The molecule has 2 N–H and O–H groups in total. The minimum atomic E-state index is -0.0660. The molecule has 0 aliphatic rings. The third kappa shape index (κ3) is 3.58. The van der Waals surface area contributed by atoms with Gasteiger partial charge in [-0.3, -0.25) is 9.48 Å². The van der Waals surface area contributed by atoms with Crippen LogP contribution in [0.5, 0.6) is 0 Å². The van der Waals surface area contributed by atoms with Gasteiger partial charge < -0.3 is 10.6 Å². The topological polar surface area (TPSA) is 59.0 Å². The Kier molecular flexibility index (Phi) is 4.55. The summed E-state index contributed by atoms with van der Waals surface area (Å²) in [6.07, 6.45) is 3.60. The first-order valence-electron chi connectivity index (χ1n) is 6.39. The van der Waals surface area contributed by atoms with E-state index in [0.29, 0.717) is 18.7 Å². The van der Waals surface area contributed by atoms with Crippen molar-refractivity contribution in [3.05, 3.63) is 48.3 Å². The van der Waals surface area contributed by atoms with Gasteiger partial charge in [0.25, 0.3) is 5.91 Å². The summed E-state index contributed by atoms with van der Waals surface area (Å²) in [5.41, 5.74) is 1.53. The molecule has 0 fully saturated rings. The molecule has 0 spiro atoms. The Bertz CT molecular complexity index is 522. The average molecular weight is 258 g/mol. The van der Waals surface area contributed by atoms with E-state index in [2.05, 4.69) is 15.7 Å². The molecular formula is C14H18N4O. The Balaban J connectivity index is 1.92. The van der Waals surface area contributed by atoms with E-state index in [9.17, 15) is 4.79 Å². The number of nitrogens with one attached hydrogen (secondary N) is 2. The lowest BCUT2D eigenvalue weighted by molar-refractivity contribution is 0.0952. The second-order valence-corrected chi connectivity index (χ2v) is 4.10. The third-order valence-electron chi connectivity index (χ3n) is 2.72. The SMILES string of the molecule is CCNc1ccccc1C(=O)NCCn1cccn1. The molecule has 1 aromatic carbocycles. The van der Waals surface area contributed by atoms with Crippen molar-refractivity contribution in [2.24, 2.45) is 0 Å². The molecular weight excluding hydrogens is 240 g/mol. The summed E-state index contributed by atoms with van der Waals surface area (Å²) in [4.78, 5) is 12.1. The highest BCUT2D eigenvalue weighted by Gasteiger charge is 2.09. The van der Waals surface area contributed by atoms with Crippen LogP contribution in [-0.4, -0.2) is 28.8 Å². The van der Waals surface area contributed by atoms with E-state index >= 15 is 0 Å². The molecule has 1 aromatic heterocycles. The number of anilines is 1. The Hall–Kier alpha value is -2.30. The number of para-hydroxylation sites is 1. The third-order valence-corrected chi connectivity index (χ3v) is 2.72. The lowest BCUT2D eigenvalue weighted by Crippen LogP contribution is -2.28. The second kappa shape index (κ2) is 6.58. The standard InChI is InChI=1S/C14H18N4O/c1-2-15-13-7-4-3-6-12(13)14(19)16-9-11-18-10-5-8-17-18/h3-8,10,15H,2,9,11H2,1H3,(H,16,19). The molecule has 1 heterocycles. The highest BCUT2D eigenvalue weighted by Crippen LogP contribution is 2.14. The maximum atomic E-state index is 12.1.